The quantitative estimate of drug-likeness (QED) is 0.717. The van der Waals surface area contributed by atoms with Crippen LogP contribution in [0.3, 0.4) is 0 Å². The second-order valence-corrected chi connectivity index (χ2v) is 4.38. The molecule has 0 saturated carbocycles. The maximum atomic E-state index is 5.73. The van der Waals surface area contributed by atoms with Gasteiger partial charge < -0.3 is 12.4 Å². The Morgan fingerprint density at radius 1 is 1.33 bits per heavy atom. The lowest BCUT2D eigenvalue weighted by molar-refractivity contribution is -0.00000277. The van der Waals surface area contributed by atoms with Crippen LogP contribution in [0.25, 0.3) is 0 Å². The molecule has 0 radical (unpaired) electrons. The van der Waals surface area contributed by atoms with Gasteiger partial charge in [0.1, 0.15) is 0 Å². The molecule has 15 heavy (non-hydrogen) atoms. The Kier molecular flexibility index (Phi) is 8.53. The Morgan fingerprint density at radius 2 is 2.00 bits per heavy atom. The highest BCUT2D eigenvalue weighted by atomic mass is 79.9. The molecule has 0 aromatic heterocycles. The van der Waals surface area contributed by atoms with Gasteiger partial charge in [-0.15, -0.1) is 11.6 Å². The number of nitrogens with zero attached hydrogens (tertiary/aromatic N) is 1. The van der Waals surface area contributed by atoms with Crippen LogP contribution in [0.1, 0.15) is 12.5 Å². The average Bonchev–Trinajstić information content (AvgIpc) is 2.20. The molecule has 0 N–H and O–H groups in total. The Morgan fingerprint density at radius 3 is 2.53 bits per heavy atom. The monoisotopic (exact) mass is 310 g/mol. The van der Waals surface area contributed by atoms with Crippen LogP contribution in [0.5, 0.6) is 0 Å². The minimum absolute atomic E-state index is 0. The van der Waals surface area contributed by atoms with Crippen molar-refractivity contribution in [2.75, 3.05) is 19.0 Å². The van der Waals surface area contributed by atoms with Gasteiger partial charge >= 0.3 is 0 Å². The first-order chi connectivity index (χ1) is 6.77. The SMILES string of the molecule is CCN(CCCl)Cc1ccccc1Br.[Cl-]. The molecule has 0 unspecified atom stereocenters. The second kappa shape index (κ2) is 8.40. The van der Waals surface area contributed by atoms with Crippen LogP contribution in [-0.2, 0) is 6.54 Å². The van der Waals surface area contributed by atoms with E-state index < -0.39 is 0 Å². The third kappa shape index (κ3) is 5.21. The van der Waals surface area contributed by atoms with E-state index in [4.69, 9.17) is 11.6 Å². The zero-order chi connectivity index (χ0) is 10.4. The first-order valence-electron chi connectivity index (χ1n) is 4.79. The highest BCUT2D eigenvalue weighted by Crippen LogP contribution is 2.17. The molecular weight excluding hydrogens is 297 g/mol. The highest BCUT2D eigenvalue weighted by molar-refractivity contribution is 9.10. The van der Waals surface area contributed by atoms with Crippen LogP contribution in [0.2, 0.25) is 0 Å². The van der Waals surface area contributed by atoms with Crippen molar-refractivity contribution in [3.63, 3.8) is 0 Å². The molecule has 1 rings (SSSR count). The summed E-state index contributed by atoms with van der Waals surface area (Å²) in [6.45, 7) is 5.10. The minimum atomic E-state index is 0. The van der Waals surface area contributed by atoms with Crippen molar-refractivity contribution in [1.29, 1.82) is 0 Å². The van der Waals surface area contributed by atoms with Gasteiger partial charge in [0.15, 0.2) is 0 Å². The zero-order valence-electron chi connectivity index (χ0n) is 8.72. The van der Waals surface area contributed by atoms with E-state index in [1.54, 1.807) is 0 Å². The molecule has 0 aliphatic rings. The number of alkyl halides is 1. The Hall–Kier alpha value is 0.240. The summed E-state index contributed by atoms with van der Waals surface area (Å²) in [4.78, 5) is 2.33. The molecule has 86 valence electrons. The standard InChI is InChI=1S/C11H15BrClN.ClH/c1-2-14(8-7-13)9-10-5-3-4-6-11(10)12;/h3-6H,2,7-9H2,1H3;1H/p-1. The van der Waals surface area contributed by atoms with Crippen molar-refractivity contribution < 1.29 is 12.4 Å². The number of hydrogen-bond acceptors (Lipinski definition) is 1. The van der Waals surface area contributed by atoms with Gasteiger partial charge in [0.25, 0.3) is 0 Å². The third-order valence-corrected chi connectivity index (χ3v) is 3.14. The molecule has 1 nitrogen and oxygen atoms in total. The van der Waals surface area contributed by atoms with Gasteiger partial charge in [-0.1, -0.05) is 41.1 Å². The lowest BCUT2D eigenvalue weighted by Gasteiger charge is -2.19. The molecule has 0 aliphatic carbocycles. The number of halogens is 3. The molecule has 0 saturated heterocycles. The van der Waals surface area contributed by atoms with Crippen molar-refractivity contribution in [1.82, 2.24) is 4.90 Å². The van der Waals surface area contributed by atoms with Gasteiger partial charge in [-0.25, -0.2) is 0 Å². The molecule has 0 spiro atoms. The predicted octanol–water partition coefficient (Wildman–Crippen LogP) is 0.514. The normalized spacial score (nSPS) is 10.1. The van der Waals surface area contributed by atoms with E-state index in [1.165, 1.54) is 10.0 Å². The second-order valence-electron chi connectivity index (χ2n) is 3.15. The lowest BCUT2D eigenvalue weighted by Crippen LogP contribution is -3.00. The van der Waals surface area contributed by atoms with E-state index in [-0.39, 0.29) is 12.4 Å². The molecule has 0 fully saturated rings. The van der Waals surface area contributed by atoms with Crippen LogP contribution in [0, 0.1) is 0 Å². The van der Waals surface area contributed by atoms with Crippen LogP contribution >= 0.6 is 27.5 Å². The summed E-state index contributed by atoms with van der Waals surface area (Å²) in [5.74, 6) is 0.693. The molecule has 1 aromatic carbocycles. The molecule has 0 aliphatic heterocycles. The summed E-state index contributed by atoms with van der Waals surface area (Å²) in [7, 11) is 0. The fourth-order valence-electron chi connectivity index (χ4n) is 1.34. The van der Waals surface area contributed by atoms with Gasteiger partial charge in [0.2, 0.25) is 0 Å². The number of hydrogen-bond donors (Lipinski definition) is 0. The van der Waals surface area contributed by atoms with Gasteiger partial charge in [-0.3, -0.25) is 4.90 Å². The van der Waals surface area contributed by atoms with Crippen LogP contribution in [-0.4, -0.2) is 23.9 Å². The average molecular weight is 312 g/mol. The first-order valence-corrected chi connectivity index (χ1v) is 6.12. The summed E-state index contributed by atoms with van der Waals surface area (Å²) in [6, 6.07) is 8.31. The molecule has 0 bridgehead atoms. The van der Waals surface area contributed by atoms with E-state index >= 15 is 0 Å². The molecule has 4 heteroatoms. The van der Waals surface area contributed by atoms with E-state index in [0.29, 0.717) is 5.88 Å². The van der Waals surface area contributed by atoms with Crippen molar-refractivity contribution in [3.05, 3.63) is 34.3 Å². The van der Waals surface area contributed by atoms with Crippen molar-refractivity contribution in [2.24, 2.45) is 0 Å². The summed E-state index contributed by atoms with van der Waals surface area (Å²) < 4.78 is 1.17. The van der Waals surface area contributed by atoms with Crippen molar-refractivity contribution in [3.8, 4) is 0 Å². The fourth-order valence-corrected chi connectivity index (χ4v) is 1.99. The summed E-state index contributed by atoms with van der Waals surface area (Å²) in [5.41, 5.74) is 1.32. The predicted molar refractivity (Wildman–Crippen MR) is 65.8 cm³/mol. The maximum Gasteiger partial charge on any atom is 0.0351 e. The first kappa shape index (κ1) is 15.2. The fraction of sp³-hybridized carbons (Fsp3) is 0.455. The highest BCUT2D eigenvalue weighted by Gasteiger charge is 2.04. The topological polar surface area (TPSA) is 3.24 Å². The maximum absolute atomic E-state index is 5.73. The van der Waals surface area contributed by atoms with E-state index in [2.05, 4.69) is 46.0 Å². The van der Waals surface area contributed by atoms with E-state index in [0.717, 1.165) is 19.6 Å². The van der Waals surface area contributed by atoms with Gasteiger partial charge in [-0.2, -0.15) is 0 Å². The number of rotatable bonds is 5. The van der Waals surface area contributed by atoms with Gasteiger partial charge in [0.05, 0.1) is 0 Å². The number of benzene rings is 1. The summed E-state index contributed by atoms with van der Waals surface area (Å²) in [5, 5.41) is 0. The lowest BCUT2D eigenvalue weighted by atomic mass is 10.2. The minimum Gasteiger partial charge on any atom is -1.00 e. The van der Waals surface area contributed by atoms with Crippen LogP contribution in [0.15, 0.2) is 28.7 Å². The summed E-state index contributed by atoms with van der Waals surface area (Å²) >= 11 is 9.27. The Labute approximate surface area is 111 Å². The molecule has 0 atom stereocenters. The largest absolute Gasteiger partial charge is 1.00 e. The third-order valence-electron chi connectivity index (χ3n) is 2.20. The Balaban J connectivity index is 0.00000196. The van der Waals surface area contributed by atoms with E-state index in [9.17, 15) is 0 Å². The van der Waals surface area contributed by atoms with Crippen LogP contribution < -0.4 is 12.4 Å². The molecule has 0 heterocycles. The van der Waals surface area contributed by atoms with Crippen LogP contribution in [0.4, 0.5) is 0 Å². The molecular formula is C11H15BrCl2N-. The van der Waals surface area contributed by atoms with Crippen molar-refractivity contribution in [2.45, 2.75) is 13.5 Å². The molecule has 0 amide bonds. The van der Waals surface area contributed by atoms with Gasteiger partial charge in [0, 0.05) is 23.4 Å². The zero-order valence-corrected chi connectivity index (χ0v) is 11.8. The van der Waals surface area contributed by atoms with Crippen molar-refractivity contribution >= 4 is 27.5 Å². The molecule has 1 aromatic rings. The summed E-state index contributed by atoms with van der Waals surface area (Å²) in [6.07, 6.45) is 0. The Bertz CT molecular complexity index is 281. The smallest absolute Gasteiger partial charge is 0.0351 e. The van der Waals surface area contributed by atoms with Gasteiger partial charge in [-0.05, 0) is 18.2 Å². The van der Waals surface area contributed by atoms with E-state index in [1.807, 2.05) is 6.07 Å².